The normalized spacial score (nSPS) is 24.3. The van der Waals surface area contributed by atoms with Crippen LogP contribution in [0.2, 0.25) is 0 Å². The number of thioether (sulfide) groups is 1. The molecule has 1 nitrogen and oxygen atoms in total. The third-order valence-electron chi connectivity index (χ3n) is 3.00. The van der Waals surface area contributed by atoms with Gasteiger partial charge in [-0.25, -0.2) is 4.39 Å². The lowest BCUT2D eigenvalue weighted by Crippen LogP contribution is -2.25. The smallest absolute Gasteiger partial charge is 0.381 e. The molecular formula is C12H13F4NS. The quantitative estimate of drug-likeness (QED) is 0.816. The zero-order chi connectivity index (χ0) is 13.3. The molecule has 2 rings (SSSR count). The van der Waals surface area contributed by atoms with Crippen molar-refractivity contribution in [2.24, 2.45) is 0 Å². The fourth-order valence-electron chi connectivity index (χ4n) is 1.97. The number of hydrogen-bond donors (Lipinski definition) is 1. The van der Waals surface area contributed by atoms with Crippen molar-refractivity contribution in [2.75, 3.05) is 11.1 Å². The van der Waals surface area contributed by atoms with Crippen molar-refractivity contribution in [1.82, 2.24) is 0 Å². The molecule has 1 aliphatic rings. The van der Waals surface area contributed by atoms with Crippen LogP contribution in [0.3, 0.4) is 0 Å². The van der Waals surface area contributed by atoms with Crippen LogP contribution < -0.4 is 5.32 Å². The van der Waals surface area contributed by atoms with Crippen LogP contribution in [0.4, 0.5) is 23.2 Å². The SMILES string of the molecule is CC1SCCC1Nc1ccc(F)c(C(F)(F)F)c1. The molecule has 0 radical (unpaired) electrons. The fraction of sp³-hybridized carbons (Fsp3) is 0.500. The summed E-state index contributed by atoms with van der Waals surface area (Å²) < 4.78 is 50.7. The summed E-state index contributed by atoms with van der Waals surface area (Å²) >= 11 is 1.78. The molecule has 1 aromatic rings. The molecule has 1 aliphatic heterocycles. The van der Waals surface area contributed by atoms with E-state index in [0.29, 0.717) is 10.9 Å². The molecule has 2 unspecified atom stereocenters. The molecule has 0 spiro atoms. The number of rotatable bonds is 2. The van der Waals surface area contributed by atoms with Crippen LogP contribution in [0.15, 0.2) is 18.2 Å². The molecule has 6 heteroatoms. The van der Waals surface area contributed by atoms with E-state index in [4.69, 9.17) is 0 Å². The van der Waals surface area contributed by atoms with Gasteiger partial charge in [0.05, 0.1) is 5.56 Å². The van der Waals surface area contributed by atoms with Gasteiger partial charge in [-0.15, -0.1) is 0 Å². The summed E-state index contributed by atoms with van der Waals surface area (Å²) in [7, 11) is 0. The second-order valence-corrected chi connectivity index (χ2v) is 5.79. The van der Waals surface area contributed by atoms with Crippen molar-refractivity contribution >= 4 is 17.4 Å². The minimum Gasteiger partial charge on any atom is -0.381 e. The molecule has 1 aromatic carbocycles. The lowest BCUT2D eigenvalue weighted by atomic mass is 10.1. The van der Waals surface area contributed by atoms with Gasteiger partial charge < -0.3 is 5.32 Å². The van der Waals surface area contributed by atoms with Crippen LogP contribution in [0.5, 0.6) is 0 Å². The Morgan fingerprint density at radius 3 is 2.61 bits per heavy atom. The molecule has 100 valence electrons. The number of hydrogen-bond acceptors (Lipinski definition) is 2. The van der Waals surface area contributed by atoms with E-state index in [2.05, 4.69) is 5.32 Å². The Bertz CT molecular complexity index is 433. The summed E-state index contributed by atoms with van der Waals surface area (Å²) in [5, 5.41) is 3.39. The standard InChI is InChI=1S/C12H13F4NS/c1-7-11(4-5-18-7)17-8-2-3-10(13)9(6-8)12(14,15)16/h2-3,6-7,11,17H,4-5H2,1H3. The van der Waals surface area contributed by atoms with Gasteiger partial charge in [-0.3, -0.25) is 0 Å². The zero-order valence-corrected chi connectivity index (χ0v) is 10.5. The van der Waals surface area contributed by atoms with Crippen molar-refractivity contribution < 1.29 is 17.6 Å². The largest absolute Gasteiger partial charge is 0.419 e. The average Bonchev–Trinajstić information content (AvgIpc) is 2.66. The maximum Gasteiger partial charge on any atom is 0.419 e. The molecule has 1 fully saturated rings. The first kappa shape index (κ1) is 13.5. The van der Waals surface area contributed by atoms with Gasteiger partial charge in [0.1, 0.15) is 5.82 Å². The Morgan fingerprint density at radius 2 is 2.06 bits per heavy atom. The van der Waals surface area contributed by atoms with Crippen molar-refractivity contribution in [1.29, 1.82) is 0 Å². The lowest BCUT2D eigenvalue weighted by molar-refractivity contribution is -0.139. The van der Waals surface area contributed by atoms with Crippen molar-refractivity contribution in [3.8, 4) is 0 Å². The Balaban J connectivity index is 2.19. The van der Waals surface area contributed by atoms with Crippen molar-refractivity contribution in [3.63, 3.8) is 0 Å². The number of anilines is 1. The minimum atomic E-state index is -4.65. The van der Waals surface area contributed by atoms with Crippen molar-refractivity contribution in [3.05, 3.63) is 29.6 Å². The van der Waals surface area contributed by atoms with E-state index >= 15 is 0 Å². The van der Waals surface area contributed by atoms with E-state index in [1.165, 1.54) is 6.07 Å². The molecule has 0 amide bonds. The molecule has 1 N–H and O–H groups in total. The number of alkyl halides is 3. The Labute approximate surface area is 107 Å². The van der Waals surface area contributed by atoms with E-state index in [1.807, 2.05) is 6.92 Å². The van der Waals surface area contributed by atoms with Gasteiger partial charge in [0.2, 0.25) is 0 Å². The molecule has 18 heavy (non-hydrogen) atoms. The zero-order valence-electron chi connectivity index (χ0n) is 9.72. The van der Waals surface area contributed by atoms with Gasteiger partial charge in [0.25, 0.3) is 0 Å². The maximum absolute atomic E-state index is 13.1. The molecule has 0 saturated carbocycles. The van der Waals surface area contributed by atoms with Crippen LogP contribution in [-0.4, -0.2) is 17.0 Å². The monoisotopic (exact) mass is 279 g/mol. The minimum absolute atomic E-state index is 0.140. The third kappa shape index (κ3) is 2.91. The van der Waals surface area contributed by atoms with Crippen LogP contribution in [-0.2, 0) is 6.18 Å². The summed E-state index contributed by atoms with van der Waals surface area (Å²) in [5.41, 5.74) is -0.895. The molecule has 2 atom stereocenters. The summed E-state index contributed by atoms with van der Waals surface area (Å²) in [5.74, 6) is -0.242. The average molecular weight is 279 g/mol. The summed E-state index contributed by atoms with van der Waals surface area (Å²) in [6.07, 6.45) is -3.75. The molecule has 1 heterocycles. The molecular weight excluding hydrogens is 266 g/mol. The van der Waals surface area contributed by atoms with E-state index < -0.39 is 17.6 Å². The summed E-state index contributed by atoms with van der Waals surface area (Å²) in [6.45, 7) is 2.03. The van der Waals surface area contributed by atoms with Crippen molar-refractivity contribution in [2.45, 2.75) is 30.8 Å². The highest BCUT2D eigenvalue weighted by atomic mass is 32.2. The van der Waals surface area contributed by atoms with Gasteiger partial charge in [0, 0.05) is 17.0 Å². The Kier molecular flexibility index (Phi) is 3.75. The van der Waals surface area contributed by atoms with Crippen LogP contribution in [0.25, 0.3) is 0 Å². The van der Waals surface area contributed by atoms with Gasteiger partial charge in [-0.1, -0.05) is 6.92 Å². The second-order valence-electron chi connectivity index (χ2n) is 4.31. The maximum atomic E-state index is 13.1. The number of benzene rings is 1. The van der Waals surface area contributed by atoms with Crippen LogP contribution in [0, 0.1) is 5.82 Å². The predicted octanol–water partition coefficient (Wildman–Crippen LogP) is 4.15. The lowest BCUT2D eigenvalue weighted by Gasteiger charge is -2.19. The molecule has 0 bridgehead atoms. The first-order valence-corrected chi connectivity index (χ1v) is 6.67. The van der Waals surface area contributed by atoms with E-state index in [9.17, 15) is 17.6 Å². The first-order valence-electron chi connectivity index (χ1n) is 5.63. The number of halogens is 4. The van der Waals surface area contributed by atoms with Crippen LogP contribution >= 0.6 is 11.8 Å². The third-order valence-corrected chi connectivity index (χ3v) is 4.33. The topological polar surface area (TPSA) is 12.0 Å². The molecule has 0 aromatic heterocycles. The van der Waals surface area contributed by atoms with Crippen LogP contribution in [0.1, 0.15) is 18.9 Å². The number of nitrogens with one attached hydrogen (secondary N) is 1. The summed E-state index contributed by atoms with van der Waals surface area (Å²) in [6, 6.07) is 3.19. The Hall–Kier alpha value is -0.910. The predicted molar refractivity (Wildman–Crippen MR) is 65.3 cm³/mol. The van der Waals surface area contributed by atoms with E-state index in [1.54, 1.807) is 11.8 Å². The highest BCUT2D eigenvalue weighted by Gasteiger charge is 2.34. The van der Waals surface area contributed by atoms with Gasteiger partial charge in [0.15, 0.2) is 0 Å². The van der Waals surface area contributed by atoms with E-state index in [-0.39, 0.29) is 6.04 Å². The molecule has 1 saturated heterocycles. The van der Waals surface area contributed by atoms with E-state index in [0.717, 1.165) is 24.3 Å². The molecule has 0 aliphatic carbocycles. The summed E-state index contributed by atoms with van der Waals surface area (Å²) in [4.78, 5) is 0. The fourth-order valence-corrected chi connectivity index (χ4v) is 3.17. The highest BCUT2D eigenvalue weighted by Crippen LogP contribution is 2.34. The van der Waals surface area contributed by atoms with Gasteiger partial charge in [-0.2, -0.15) is 24.9 Å². The van der Waals surface area contributed by atoms with Gasteiger partial charge in [-0.05, 0) is 30.4 Å². The first-order chi connectivity index (χ1) is 8.38. The second kappa shape index (κ2) is 4.99. The highest BCUT2D eigenvalue weighted by molar-refractivity contribution is 8.00. The van der Waals surface area contributed by atoms with Gasteiger partial charge >= 0.3 is 6.18 Å². The Morgan fingerprint density at radius 1 is 1.33 bits per heavy atom.